The van der Waals surface area contributed by atoms with Crippen molar-refractivity contribution in [2.45, 2.75) is 46.6 Å². The second kappa shape index (κ2) is 5.57. The molecule has 18 heavy (non-hydrogen) atoms. The van der Waals surface area contributed by atoms with Crippen molar-refractivity contribution in [1.29, 1.82) is 0 Å². The molecule has 0 amide bonds. The first kappa shape index (κ1) is 13.2. The Bertz CT molecular complexity index is 523. The quantitative estimate of drug-likeness (QED) is 0.771. The first-order valence-corrected chi connectivity index (χ1v) is 6.89. The monoisotopic (exact) mass is 244 g/mol. The van der Waals surface area contributed by atoms with E-state index >= 15 is 0 Å². The molecule has 0 fully saturated rings. The third-order valence-corrected chi connectivity index (χ3v) is 3.65. The van der Waals surface area contributed by atoms with Gasteiger partial charge in [-0.1, -0.05) is 26.0 Å². The van der Waals surface area contributed by atoms with Gasteiger partial charge in [0.15, 0.2) is 0 Å². The van der Waals surface area contributed by atoms with Crippen LogP contribution >= 0.6 is 0 Å². The molecule has 1 aromatic carbocycles. The van der Waals surface area contributed by atoms with E-state index in [4.69, 9.17) is 0 Å². The molecule has 0 aliphatic heterocycles. The number of benzene rings is 1. The predicted molar refractivity (Wildman–Crippen MR) is 79.2 cm³/mol. The molecule has 0 bridgehead atoms. The van der Waals surface area contributed by atoms with Gasteiger partial charge in [-0.2, -0.15) is 0 Å². The third kappa shape index (κ3) is 2.75. The van der Waals surface area contributed by atoms with Crippen molar-refractivity contribution < 1.29 is 0 Å². The molecule has 2 aromatic rings. The van der Waals surface area contributed by atoms with Gasteiger partial charge in [-0.15, -0.1) is 0 Å². The first-order valence-electron chi connectivity index (χ1n) is 6.89. The van der Waals surface area contributed by atoms with E-state index in [2.05, 4.69) is 56.3 Å². The summed E-state index contributed by atoms with van der Waals surface area (Å²) in [4.78, 5) is 3.43. The van der Waals surface area contributed by atoms with Gasteiger partial charge in [-0.25, -0.2) is 0 Å². The fourth-order valence-electron chi connectivity index (χ4n) is 2.38. The van der Waals surface area contributed by atoms with E-state index in [1.165, 1.54) is 34.0 Å². The van der Waals surface area contributed by atoms with Gasteiger partial charge in [-0.05, 0) is 49.9 Å². The Morgan fingerprint density at radius 2 is 2.00 bits per heavy atom. The average Bonchev–Trinajstić information content (AvgIpc) is 2.73. The van der Waals surface area contributed by atoms with Gasteiger partial charge >= 0.3 is 0 Å². The van der Waals surface area contributed by atoms with Crippen molar-refractivity contribution in [1.82, 2.24) is 10.3 Å². The normalized spacial score (nSPS) is 11.6. The molecule has 98 valence electrons. The van der Waals surface area contributed by atoms with Crippen LogP contribution in [0.3, 0.4) is 0 Å². The molecule has 0 aliphatic rings. The average molecular weight is 244 g/mol. The van der Waals surface area contributed by atoms with Crippen LogP contribution in [0.1, 0.15) is 37.0 Å². The van der Waals surface area contributed by atoms with Crippen molar-refractivity contribution in [3.63, 3.8) is 0 Å². The number of rotatable bonds is 5. The fourth-order valence-corrected chi connectivity index (χ4v) is 2.38. The van der Waals surface area contributed by atoms with Gasteiger partial charge in [0.05, 0.1) is 0 Å². The number of aryl methyl sites for hydroxylation is 3. The highest BCUT2D eigenvalue weighted by atomic mass is 14.9. The molecule has 0 aliphatic carbocycles. The molecule has 0 unspecified atom stereocenters. The summed E-state index contributed by atoms with van der Waals surface area (Å²) >= 11 is 0. The van der Waals surface area contributed by atoms with Gasteiger partial charge in [0.1, 0.15) is 0 Å². The molecule has 0 atom stereocenters. The lowest BCUT2D eigenvalue weighted by Gasteiger charge is -2.07. The molecule has 0 saturated heterocycles. The smallest absolute Gasteiger partial charge is 0.0489 e. The van der Waals surface area contributed by atoms with Crippen molar-refractivity contribution in [3.8, 4) is 0 Å². The molecule has 2 heteroatoms. The van der Waals surface area contributed by atoms with Gasteiger partial charge in [-0.3, -0.25) is 0 Å². The molecule has 1 aromatic heterocycles. The van der Waals surface area contributed by atoms with E-state index in [-0.39, 0.29) is 0 Å². The third-order valence-electron chi connectivity index (χ3n) is 3.65. The molecule has 2 nitrogen and oxygen atoms in total. The number of H-pyrrole nitrogens is 1. The number of fused-ring (bicyclic) bond motifs is 1. The van der Waals surface area contributed by atoms with Crippen LogP contribution in [0.2, 0.25) is 0 Å². The van der Waals surface area contributed by atoms with Gasteiger partial charge in [0.25, 0.3) is 0 Å². The summed E-state index contributed by atoms with van der Waals surface area (Å²) < 4.78 is 0. The summed E-state index contributed by atoms with van der Waals surface area (Å²) in [5.74, 6) is 0. The highest BCUT2D eigenvalue weighted by Gasteiger charge is 2.06. The Kier molecular flexibility index (Phi) is 4.07. The van der Waals surface area contributed by atoms with Crippen molar-refractivity contribution in [3.05, 3.63) is 35.0 Å². The molecule has 0 spiro atoms. The number of nitrogens with one attached hydrogen (secondary N) is 2. The number of aromatic nitrogens is 1. The largest absolute Gasteiger partial charge is 0.361 e. The second-order valence-corrected chi connectivity index (χ2v) is 5.46. The highest BCUT2D eigenvalue weighted by molar-refractivity contribution is 5.86. The van der Waals surface area contributed by atoms with Crippen molar-refractivity contribution in [2.75, 3.05) is 6.54 Å². The Morgan fingerprint density at radius 1 is 1.22 bits per heavy atom. The minimum Gasteiger partial charge on any atom is -0.361 e. The standard InChI is InChI=1S/C16H24N2/c1-11(2)17-9-5-6-14-10-18-16-13(4)12(3)7-8-15(14)16/h7-8,10-11,17-18H,5-6,9H2,1-4H3. The molecular weight excluding hydrogens is 220 g/mol. The molecule has 1 heterocycles. The van der Waals surface area contributed by atoms with Crippen LogP contribution in [0, 0.1) is 13.8 Å². The lowest BCUT2D eigenvalue weighted by Crippen LogP contribution is -2.23. The molecule has 2 rings (SSSR count). The van der Waals surface area contributed by atoms with Crippen LogP contribution in [-0.2, 0) is 6.42 Å². The van der Waals surface area contributed by atoms with E-state index < -0.39 is 0 Å². The zero-order valence-corrected chi connectivity index (χ0v) is 11.9. The zero-order valence-electron chi connectivity index (χ0n) is 11.9. The lowest BCUT2D eigenvalue weighted by atomic mass is 10.0. The summed E-state index contributed by atoms with van der Waals surface area (Å²) in [6.45, 7) is 9.84. The Hall–Kier alpha value is -1.28. The maximum atomic E-state index is 3.47. The van der Waals surface area contributed by atoms with Crippen LogP contribution < -0.4 is 5.32 Å². The maximum absolute atomic E-state index is 3.47. The Balaban J connectivity index is 2.08. The van der Waals surface area contributed by atoms with E-state index in [0.29, 0.717) is 6.04 Å². The first-order chi connectivity index (χ1) is 8.59. The molecular formula is C16H24N2. The van der Waals surface area contributed by atoms with E-state index in [1.807, 2.05) is 0 Å². The summed E-state index contributed by atoms with van der Waals surface area (Å²) in [7, 11) is 0. The second-order valence-electron chi connectivity index (χ2n) is 5.46. The van der Waals surface area contributed by atoms with Gasteiger partial charge in [0, 0.05) is 23.1 Å². The van der Waals surface area contributed by atoms with Crippen LogP contribution in [-0.4, -0.2) is 17.6 Å². The summed E-state index contributed by atoms with van der Waals surface area (Å²) in [6.07, 6.45) is 4.51. The lowest BCUT2D eigenvalue weighted by molar-refractivity contribution is 0.571. The maximum Gasteiger partial charge on any atom is 0.0489 e. The highest BCUT2D eigenvalue weighted by Crippen LogP contribution is 2.24. The van der Waals surface area contributed by atoms with E-state index in [0.717, 1.165) is 13.0 Å². The van der Waals surface area contributed by atoms with Crippen LogP contribution in [0.15, 0.2) is 18.3 Å². The number of hydrogen-bond donors (Lipinski definition) is 2. The summed E-state index contributed by atoms with van der Waals surface area (Å²) in [5, 5.41) is 4.86. The minimum absolute atomic E-state index is 0.581. The Labute approximate surface area is 110 Å². The van der Waals surface area contributed by atoms with E-state index in [1.54, 1.807) is 0 Å². The number of hydrogen-bond acceptors (Lipinski definition) is 1. The number of aromatic amines is 1. The van der Waals surface area contributed by atoms with Crippen molar-refractivity contribution in [2.24, 2.45) is 0 Å². The fraction of sp³-hybridized carbons (Fsp3) is 0.500. The summed E-state index contributed by atoms with van der Waals surface area (Å²) in [6, 6.07) is 5.05. The van der Waals surface area contributed by atoms with Crippen LogP contribution in [0.5, 0.6) is 0 Å². The molecule has 0 radical (unpaired) electrons. The predicted octanol–water partition coefficient (Wildman–Crippen LogP) is 3.72. The SMILES string of the molecule is Cc1ccc2c(CCCNC(C)C)c[nH]c2c1C. The van der Waals surface area contributed by atoms with Crippen LogP contribution in [0.4, 0.5) is 0 Å². The minimum atomic E-state index is 0.581. The molecule has 0 saturated carbocycles. The zero-order chi connectivity index (χ0) is 13.1. The van der Waals surface area contributed by atoms with Crippen LogP contribution in [0.25, 0.3) is 10.9 Å². The van der Waals surface area contributed by atoms with Crippen molar-refractivity contribution >= 4 is 10.9 Å². The Morgan fingerprint density at radius 3 is 2.72 bits per heavy atom. The van der Waals surface area contributed by atoms with E-state index in [9.17, 15) is 0 Å². The van der Waals surface area contributed by atoms with Gasteiger partial charge in [0.2, 0.25) is 0 Å². The molecule has 2 N–H and O–H groups in total. The summed E-state index contributed by atoms with van der Waals surface area (Å²) in [5.41, 5.74) is 5.48. The van der Waals surface area contributed by atoms with Gasteiger partial charge < -0.3 is 10.3 Å². The topological polar surface area (TPSA) is 27.8 Å².